The SMILES string of the molecule is O=C([C@@H]1CC(c2ccccc2)CN1)N1CCCC1. The second-order valence-electron chi connectivity index (χ2n) is 5.34. The largest absolute Gasteiger partial charge is 0.341 e. The molecule has 18 heavy (non-hydrogen) atoms. The van der Waals surface area contributed by atoms with Gasteiger partial charge in [-0.3, -0.25) is 4.79 Å². The van der Waals surface area contributed by atoms with E-state index in [0.29, 0.717) is 11.8 Å². The number of carbonyl (C=O) groups excluding carboxylic acids is 1. The summed E-state index contributed by atoms with van der Waals surface area (Å²) in [7, 11) is 0. The minimum Gasteiger partial charge on any atom is -0.341 e. The van der Waals surface area contributed by atoms with E-state index in [1.54, 1.807) is 0 Å². The van der Waals surface area contributed by atoms with Crippen LogP contribution in [-0.4, -0.2) is 36.5 Å². The molecule has 3 nitrogen and oxygen atoms in total. The van der Waals surface area contributed by atoms with E-state index in [1.807, 2.05) is 11.0 Å². The monoisotopic (exact) mass is 244 g/mol. The average molecular weight is 244 g/mol. The summed E-state index contributed by atoms with van der Waals surface area (Å²) in [6.07, 6.45) is 3.28. The minimum atomic E-state index is 0.0355. The Balaban J connectivity index is 1.63. The van der Waals surface area contributed by atoms with Gasteiger partial charge in [-0.15, -0.1) is 0 Å². The lowest BCUT2D eigenvalue weighted by atomic mass is 9.96. The Kier molecular flexibility index (Phi) is 3.33. The number of likely N-dealkylation sites (tertiary alicyclic amines) is 1. The van der Waals surface area contributed by atoms with Crippen molar-refractivity contribution >= 4 is 5.91 Å². The molecule has 2 aliphatic heterocycles. The lowest BCUT2D eigenvalue weighted by Crippen LogP contribution is -2.42. The topological polar surface area (TPSA) is 32.3 Å². The molecule has 1 aromatic rings. The van der Waals surface area contributed by atoms with E-state index in [2.05, 4.69) is 29.6 Å². The van der Waals surface area contributed by atoms with E-state index < -0.39 is 0 Å². The number of amides is 1. The Hall–Kier alpha value is -1.35. The Morgan fingerprint density at radius 3 is 2.61 bits per heavy atom. The maximum absolute atomic E-state index is 12.3. The van der Waals surface area contributed by atoms with Crippen LogP contribution in [0.2, 0.25) is 0 Å². The van der Waals surface area contributed by atoms with Crippen LogP contribution in [-0.2, 0) is 4.79 Å². The van der Waals surface area contributed by atoms with Gasteiger partial charge >= 0.3 is 0 Å². The highest BCUT2D eigenvalue weighted by molar-refractivity contribution is 5.82. The summed E-state index contributed by atoms with van der Waals surface area (Å²) in [6, 6.07) is 10.5. The number of nitrogens with one attached hydrogen (secondary N) is 1. The Morgan fingerprint density at radius 1 is 1.17 bits per heavy atom. The summed E-state index contributed by atoms with van der Waals surface area (Å²) in [5.41, 5.74) is 1.35. The second kappa shape index (κ2) is 5.11. The quantitative estimate of drug-likeness (QED) is 0.859. The van der Waals surface area contributed by atoms with Gasteiger partial charge in [0.05, 0.1) is 6.04 Å². The molecule has 0 spiro atoms. The van der Waals surface area contributed by atoms with Crippen LogP contribution in [0.15, 0.2) is 30.3 Å². The summed E-state index contributed by atoms with van der Waals surface area (Å²) in [4.78, 5) is 14.3. The average Bonchev–Trinajstić information content (AvgIpc) is 3.10. The molecule has 2 heterocycles. The molecule has 1 amide bonds. The molecule has 3 rings (SSSR count). The van der Waals surface area contributed by atoms with Crippen molar-refractivity contribution in [1.82, 2.24) is 10.2 Å². The molecule has 2 fully saturated rings. The summed E-state index contributed by atoms with van der Waals surface area (Å²) in [6.45, 7) is 2.83. The van der Waals surface area contributed by atoms with Gasteiger partial charge in [-0.25, -0.2) is 0 Å². The van der Waals surface area contributed by atoms with Crippen molar-refractivity contribution in [1.29, 1.82) is 0 Å². The van der Waals surface area contributed by atoms with Gasteiger partial charge in [-0.05, 0) is 30.7 Å². The maximum atomic E-state index is 12.3. The Bertz CT molecular complexity index is 412. The fourth-order valence-corrected chi connectivity index (χ4v) is 3.06. The van der Waals surface area contributed by atoms with E-state index in [-0.39, 0.29) is 6.04 Å². The molecule has 0 bridgehead atoms. The number of benzene rings is 1. The van der Waals surface area contributed by atoms with Gasteiger partial charge in [0.1, 0.15) is 0 Å². The molecule has 2 atom stereocenters. The van der Waals surface area contributed by atoms with Crippen molar-refractivity contribution in [2.45, 2.75) is 31.2 Å². The highest BCUT2D eigenvalue weighted by Crippen LogP contribution is 2.26. The Morgan fingerprint density at radius 2 is 1.89 bits per heavy atom. The van der Waals surface area contributed by atoms with Crippen LogP contribution in [0.3, 0.4) is 0 Å². The van der Waals surface area contributed by atoms with Gasteiger partial charge < -0.3 is 10.2 Å². The lowest BCUT2D eigenvalue weighted by molar-refractivity contribution is -0.132. The number of hydrogen-bond acceptors (Lipinski definition) is 2. The molecule has 0 radical (unpaired) electrons. The fraction of sp³-hybridized carbons (Fsp3) is 0.533. The smallest absolute Gasteiger partial charge is 0.239 e. The molecular formula is C15H20N2O. The van der Waals surface area contributed by atoms with Crippen molar-refractivity contribution in [3.05, 3.63) is 35.9 Å². The molecule has 2 aliphatic rings. The van der Waals surface area contributed by atoms with E-state index in [0.717, 1.165) is 26.1 Å². The molecule has 3 heteroatoms. The van der Waals surface area contributed by atoms with E-state index >= 15 is 0 Å². The molecule has 1 aromatic carbocycles. The second-order valence-corrected chi connectivity index (χ2v) is 5.34. The molecule has 96 valence electrons. The van der Waals surface area contributed by atoms with Crippen molar-refractivity contribution in [2.75, 3.05) is 19.6 Å². The van der Waals surface area contributed by atoms with Gasteiger partial charge in [-0.2, -0.15) is 0 Å². The van der Waals surface area contributed by atoms with E-state index in [9.17, 15) is 4.79 Å². The third-order valence-electron chi connectivity index (χ3n) is 4.12. The Labute approximate surface area is 108 Å². The van der Waals surface area contributed by atoms with E-state index in [4.69, 9.17) is 0 Å². The molecule has 2 saturated heterocycles. The highest BCUT2D eigenvalue weighted by Gasteiger charge is 2.33. The van der Waals surface area contributed by atoms with Crippen molar-refractivity contribution < 1.29 is 4.79 Å². The predicted octanol–water partition coefficient (Wildman–Crippen LogP) is 1.75. The van der Waals surface area contributed by atoms with Gasteiger partial charge in [-0.1, -0.05) is 30.3 Å². The molecule has 0 saturated carbocycles. The molecular weight excluding hydrogens is 224 g/mol. The maximum Gasteiger partial charge on any atom is 0.239 e. The minimum absolute atomic E-state index is 0.0355. The zero-order valence-electron chi connectivity index (χ0n) is 10.6. The highest BCUT2D eigenvalue weighted by atomic mass is 16.2. The molecule has 1 N–H and O–H groups in total. The summed E-state index contributed by atoms with van der Waals surface area (Å²) < 4.78 is 0. The third kappa shape index (κ3) is 2.27. The molecule has 1 unspecified atom stereocenters. The van der Waals surface area contributed by atoms with Crippen LogP contribution in [0.25, 0.3) is 0 Å². The first-order valence-electron chi connectivity index (χ1n) is 6.92. The lowest BCUT2D eigenvalue weighted by Gasteiger charge is -2.19. The first-order valence-corrected chi connectivity index (χ1v) is 6.92. The summed E-state index contributed by atoms with van der Waals surface area (Å²) in [5.74, 6) is 0.800. The molecule has 0 aromatic heterocycles. The number of nitrogens with zero attached hydrogens (tertiary/aromatic N) is 1. The van der Waals surface area contributed by atoms with Crippen LogP contribution in [0.1, 0.15) is 30.7 Å². The van der Waals surface area contributed by atoms with Crippen LogP contribution in [0, 0.1) is 0 Å². The van der Waals surface area contributed by atoms with Crippen molar-refractivity contribution in [2.24, 2.45) is 0 Å². The zero-order chi connectivity index (χ0) is 12.4. The van der Waals surface area contributed by atoms with Crippen LogP contribution in [0.4, 0.5) is 0 Å². The molecule has 0 aliphatic carbocycles. The van der Waals surface area contributed by atoms with Crippen LogP contribution >= 0.6 is 0 Å². The predicted molar refractivity (Wildman–Crippen MR) is 71.4 cm³/mol. The number of hydrogen-bond donors (Lipinski definition) is 1. The number of carbonyl (C=O) groups is 1. The fourth-order valence-electron chi connectivity index (χ4n) is 3.06. The third-order valence-corrected chi connectivity index (χ3v) is 4.12. The van der Waals surface area contributed by atoms with Crippen LogP contribution in [0.5, 0.6) is 0 Å². The normalized spacial score (nSPS) is 27.7. The standard InChI is InChI=1S/C15H20N2O/c18-15(17-8-4-5-9-17)14-10-13(11-16-14)12-6-2-1-3-7-12/h1-3,6-7,13-14,16H,4-5,8-11H2/t13?,14-/m0/s1. The van der Waals surface area contributed by atoms with Crippen LogP contribution < -0.4 is 5.32 Å². The van der Waals surface area contributed by atoms with Gasteiger partial charge in [0.25, 0.3) is 0 Å². The van der Waals surface area contributed by atoms with Crippen molar-refractivity contribution in [3.63, 3.8) is 0 Å². The number of rotatable bonds is 2. The first kappa shape index (κ1) is 11.7. The van der Waals surface area contributed by atoms with E-state index in [1.165, 1.54) is 18.4 Å². The van der Waals surface area contributed by atoms with Gasteiger partial charge in [0.2, 0.25) is 5.91 Å². The summed E-state index contributed by atoms with van der Waals surface area (Å²) in [5, 5.41) is 3.39. The van der Waals surface area contributed by atoms with Gasteiger partial charge in [0.15, 0.2) is 0 Å². The van der Waals surface area contributed by atoms with Gasteiger partial charge in [0, 0.05) is 19.6 Å². The summed E-state index contributed by atoms with van der Waals surface area (Å²) >= 11 is 0. The first-order chi connectivity index (χ1) is 8.84. The zero-order valence-corrected chi connectivity index (χ0v) is 10.6. The van der Waals surface area contributed by atoms with Crippen molar-refractivity contribution in [3.8, 4) is 0 Å².